The number of imide groups is 1. The molecular formula is C10H20N4O3. The molecule has 1 atom stereocenters. The van der Waals surface area contributed by atoms with Crippen LogP contribution in [0, 0.1) is 5.92 Å². The van der Waals surface area contributed by atoms with Gasteiger partial charge in [-0.05, 0) is 12.3 Å². The van der Waals surface area contributed by atoms with Gasteiger partial charge in [0.1, 0.15) is 0 Å². The highest BCUT2D eigenvalue weighted by Gasteiger charge is 2.14. The summed E-state index contributed by atoms with van der Waals surface area (Å²) in [5.41, 5.74) is 10.4. The van der Waals surface area contributed by atoms with Gasteiger partial charge in [-0.15, -0.1) is 0 Å². The van der Waals surface area contributed by atoms with Crippen molar-refractivity contribution in [2.75, 3.05) is 6.54 Å². The Morgan fingerprint density at radius 3 is 2.29 bits per heavy atom. The summed E-state index contributed by atoms with van der Waals surface area (Å²) in [5.74, 6) is -0.505. The van der Waals surface area contributed by atoms with Crippen molar-refractivity contribution in [2.24, 2.45) is 17.4 Å². The van der Waals surface area contributed by atoms with Crippen LogP contribution < -0.4 is 22.1 Å². The predicted molar refractivity (Wildman–Crippen MR) is 62.8 cm³/mol. The number of amides is 4. The van der Waals surface area contributed by atoms with Crippen molar-refractivity contribution in [3.63, 3.8) is 0 Å². The number of hydrogen-bond donors (Lipinski definition) is 4. The smallest absolute Gasteiger partial charge is 0.318 e. The minimum absolute atomic E-state index is 0.0108. The number of carbonyl (C=O) groups is 3. The van der Waals surface area contributed by atoms with Crippen LogP contribution in [0.3, 0.4) is 0 Å². The van der Waals surface area contributed by atoms with Crippen LogP contribution in [-0.4, -0.2) is 30.4 Å². The van der Waals surface area contributed by atoms with Gasteiger partial charge in [-0.3, -0.25) is 14.9 Å². The Bertz CT molecular complexity index is 291. The summed E-state index contributed by atoms with van der Waals surface area (Å²) in [6.45, 7) is 4.06. The van der Waals surface area contributed by atoms with E-state index in [1.54, 1.807) is 0 Å². The van der Waals surface area contributed by atoms with E-state index in [-0.39, 0.29) is 18.9 Å². The molecule has 0 saturated carbocycles. The molecular weight excluding hydrogens is 224 g/mol. The molecule has 7 nitrogen and oxygen atoms in total. The van der Waals surface area contributed by atoms with Gasteiger partial charge in [0.05, 0.1) is 6.04 Å². The van der Waals surface area contributed by atoms with Crippen LogP contribution in [0.15, 0.2) is 0 Å². The SMILES string of the molecule is CC(C)C[C@H](N)C(=O)NCCC(=O)NC(N)=O. The average Bonchev–Trinajstić information content (AvgIpc) is 2.14. The van der Waals surface area contributed by atoms with Crippen molar-refractivity contribution in [3.05, 3.63) is 0 Å². The molecule has 4 amide bonds. The molecule has 0 radical (unpaired) electrons. The van der Waals surface area contributed by atoms with Gasteiger partial charge in [-0.25, -0.2) is 4.79 Å². The monoisotopic (exact) mass is 244 g/mol. The fourth-order valence-electron chi connectivity index (χ4n) is 1.25. The highest BCUT2D eigenvalue weighted by molar-refractivity contribution is 5.93. The molecule has 17 heavy (non-hydrogen) atoms. The summed E-state index contributed by atoms with van der Waals surface area (Å²) < 4.78 is 0. The molecule has 0 spiro atoms. The van der Waals surface area contributed by atoms with E-state index in [1.165, 1.54) is 0 Å². The Labute approximate surface area is 100 Å². The Kier molecular flexibility index (Phi) is 6.88. The number of rotatable bonds is 6. The summed E-state index contributed by atoms with van der Waals surface area (Å²) in [7, 11) is 0. The van der Waals surface area contributed by atoms with Gasteiger partial charge in [0.25, 0.3) is 0 Å². The number of primary amides is 1. The largest absolute Gasteiger partial charge is 0.354 e. The van der Waals surface area contributed by atoms with E-state index in [1.807, 2.05) is 19.2 Å². The zero-order chi connectivity index (χ0) is 13.4. The van der Waals surface area contributed by atoms with Crippen LogP contribution in [0.4, 0.5) is 4.79 Å². The lowest BCUT2D eigenvalue weighted by atomic mass is 10.0. The molecule has 6 N–H and O–H groups in total. The lowest BCUT2D eigenvalue weighted by Gasteiger charge is -2.13. The maximum absolute atomic E-state index is 11.4. The average molecular weight is 244 g/mol. The van der Waals surface area contributed by atoms with Crippen molar-refractivity contribution in [1.82, 2.24) is 10.6 Å². The highest BCUT2D eigenvalue weighted by atomic mass is 16.2. The first kappa shape index (κ1) is 15.4. The first-order valence-electron chi connectivity index (χ1n) is 5.45. The maximum atomic E-state index is 11.4. The highest BCUT2D eigenvalue weighted by Crippen LogP contribution is 2.02. The molecule has 0 aromatic rings. The maximum Gasteiger partial charge on any atom is 0.318 e. The lowest BCUT2D eigenvalue weighted by molar-refractivity contribution is -0.123. The first-order chi connectivity index (χ1) is 7.82. The second-order valence-electron chi connectivity index (χ2n) is 4.19. The van der Waals surface area contributed by atoms with Gasteiger partial charge in [0, 0.05) is 13.0 Å². The van der Waals surface area contributed by atoms with E-state index < -0.39 is 18.0 Å². The molecule has 0 rings (SSSR count). The third kappa shape index (κ3) is 8.21. The summed E-state index contributed by atoms with van der Waals surface area (Å²) in [5, 5.41) is 4.41. The third-order valence-corrected chi connectivity index (χ3v) is 1.98. The van der Waals surface area contributed by atoms with Crippen LogP contribution >= 0.6 is 0 Å². The van der Waals surface area contributed by atoms with Gasteiger partial charge in [-0.1, -0.05) is 13.8 Å². The molecule has 0 aliphatic carbocycles. The van der Waals surface area contributed by atoms with E-state index in [0.717, 1.165) is 0 Å². The summed E-state index contributed by atoms with van der Waals surface area (Å²) in [6.07, 6.45) is 0.572. The van der Waals surface area contributed by atoms with E-state index in [4.69, 9.17) is 11.5 Å². The Hall–Kier alpha value is -1.63. The number of carbonyl (C=O) groups excluding carboxylic acids is 3. The molecule has 0 unspecified atom stereocenters. The predicted octanol–water partition coefficient (Wildman–Crippen LogP) is -0.939. The molecule has 0 heterocycles. The minimum Gasteiger partial charge on any atom is -0.354 e. The van der Waals surface area contributed by atoms with Gasteiger partial charge in [-0.2, -0.15) is 0 Å². The van der Waals surface area contributed by atoms with Crippen LogP contribution in [-0.2, 0) is 9.59 Å². The van der Waals surface area contributed by atoms with Crippen molar-refractivity contribution in [1.29, 1.82) is 0 Å². The number of urea groups is 1. The quantitative estimate of drug-likeness (QED) is 0.481. The topological polar surface area (TPSA) is 127 Å². The van der Waals surface area contributed by atoms with Crippen molar-refractivity contribution < 1.29 is 14.4 Å². The molecule has 0 bridgehead atoms. The van der Waals surface area contributed by atoms with Crippen molar-refractivity contribution >= 4 is 17.8 Å². The van der Waals surface area contributed by atoms with Gasteiger partial charge in [0.2, 0.25) is 11.8 Å². The first-order valence-corrected chi connectivity index (χ1v) is 5.45. The lowest BCUT2D eigenvalue weighted by Crippen LogP contribution is -2.43. The van der Waals surface area contributed by atoms with E-state index in [9.17, 15) is 14.4 Å². The number of nitrogens with two attached hydrogens (primary N) is 2. The van der Waals surface area contributed by atoms with Crippen LogP contribution in [0.1, 0.15) is 26.7 Å². The third-order valence-electron chi connectivity index (χ3n) is 1.98. The molecule has 0 saturated heterocycles. The zero-order valence-corrected chi connectivity index (χ0v) is 10.2. The van der Waals surface area contributed by atoms with E-state index in [0.29, 0.717) is 12.3 Å². The van der Waals surface area contributed by atoms with Gasteiger partial charge in [0.15, 0.2) is 0 Å². The van der Waals surface area contributed by atoms with Crippen LogP contribution in [0.2, 0.25) is 0 Å². The van der Waals surface area contributed by atoms with Crippen LogP contribution in [0.5, 0.6) is 0 Å². The zero-order valence-electron chi connectivity index (χ0n) is 10.2. The van der Waals surface area contributed by atoms with E-state index >= 15 is 0 Å². The summed E-state index contributed by atoms with van der Waals surface area (Å²) in [4.78, 5) is 32.7. The molecule has 0 aliphatic rings. The van der Waals surface area contributed by atoms with Gasteiger partial charge >= 0.3 is 6.03 Å². The number of hydrogen-bond acceptors (Lipinski definition) is 4. The second kappa shape index (κ2) is 7.61. The standard InChI is InChI=1S/C10H20N4O3/c1-6(2)5-7(11)9(16)13-4-3-8(15)14-10(12)17/h6-7H,3-5,11H2,1-2H3,(H,13,16)(H3,12,14,15,17)/t7-/m0/s1. The molecule has 7 heteroatoms. The van der Waals surface area contributed by atoms with Crippen molar-refractivity contribution in [3.8, 4) is 0 Å². The number of nitrogens with one attached hydrogen (secondary N) is 2. The second-order valence-corrected chi connectivity index (χ2v) is 4.19. The molecule has 0 aliphatic heterocycles. The molecule has 98 valence electrons. The summed E-state index contributed by atoms with van der Waals surface area (Å²) >= 11 is 0. The molecule has 0 aromatic carbocycles. The Morgan fingerprint density at radius 2 is 1.82 bits per heavy atom. The Balaban J connectivity index is 3.77. The Morgan fingerprint density at radius 1 is 1.24 bits per heavy atom. The van der Waals surface area contributed by atoms with Gasteiger partial charge < -0.3 is 16.8 Å². The minimum atomic E-state index is -0.905. The normalized spacial score (nSPS) is 12.0. The summed E-state index contributed by atoms with van der Waals surface area (Å²) in [6, 6.07) is -1.48. The fraction of sp³-hybridized carbons (Fsp3) is 0.700. The molecule has 0 aromatic heterocycles. The molecule has 0 fully saturated rings. The fourth-order valence-corrected chi connectivity index (χ4v) is 1.25. The van der Waals surface area contributed by atoms with Crippen molar-refractivity contribution in [2.45, 2.75) is 32.7 Å². The van der Waals surface area contributed by atoms with Crippen LogP contribution in [0.25, 0.3) is 0 Å². The van der Waals surface area contributed by atoms with E-state index in [2.05, 4.69) is 5.32 Å².